The summed E-state index contributed by atoms with van der Waals surface area (Å²) in [5.41, 5.74) is 2.12. The molecule has 2 heterocycles. The molecule has 0 aliphatic heterocycles. The number of nitrogens with zero attached hydrogens (tertiary/aromatic N) is 6. The smallest absolute Gasteiger partial charge is 0.223 e. The molecule has 0 atom stereocenters. The zero-order valence-electron chi connectivity index (χ0n) is 10.6. The van der Waals surface area contributed by atoms with Crippen LogP contribution in [0, 0.1) is 13.8 Å². The Morgan fingerprint density at radius 1 is 1.16 bits per heavy atom. The zero-order chi connectivity index (χ0) is 13.2. The Morgan fingerprint density at radius 3 is 2.63 bits per heavy atom. The van der Waals surface area contributed by atoms with Gasteiger partial charge >= 0.3 is 0 Å². The van der Waals surface area contributed by atoms with Gasteiger partial charge in [0.1, 0.15) is 6.54 Å². The van der Waals surface area contributed by atoms with Crippen LogP contribution in [0.4, 0.5) is 0 Å². The first-order chi connectivity index (χ1) is 9.20. The standard InChI is InChI=1S/C12H12N6O/c1-8-3-5-10(6-4-8)12-14-17-18(15-12)7-11-13-9(2)19-16-11/h3-6H,7H2,1-2H3. The van der Waals surface area contributed by atoms with Crippen LogP contribution in [-0.4, -0.2) is 30.3 Å². The van der Waals surface area contributed by atoms with E-state index in [0.717, 1.165) is 5.56 Å². The molecule has 7 heteroatoms. The molecular weight excluding hydrogens is 244 g/mol. The van der Waals surface area contributed by atoms with Gasteiger partial charge in [-0.2, -0.15) is 9.78 Å². The summed E-state index contributed by atoms with van der Waals surface area (Å²) < 4.78 is 4.89. The fourth-order valence-electron chi connectivity index (χ4n) is 1.66. The molecule has 0 saturated heterocycles. The summed E-state index contributed by atoms with van der Waals surface area (Å²) in [7, 11) is 0. The van der Waals surface area contributed by atoms with Crippen LogP contribution in [0.5, 0.6) is 0 Å². The number of rotatable bonds is 3. The third-order valence-electron chi connectivity index (χ3n) is 2.62. The molecular formula is C12H12N6O. The minimum Gasteiger partial charge on any atom is -0.340 e. The summed E-state index contributed by atoms with van der Waals surface area (Å²) in [5.74, 6) is 1.64. The van der Waals surface area contributed by atoms with Gasteiger partial charge in [0.25, 0.3) is 0 Å². The van der Waals surface area contributed by atoms with Gasteiger partial charge in [0.05, 0.1) is 0 Å². The van der Waals surface area contributed by atoms with E-state index in [-0.39, 0.29) is 0 Å². The van der Waals surface area contributed by atoms with Crippen molar-refractivity contribution in [2.24, 2.45) is 0 Å². The van der Waals surface area contributed by atoms with Crippen molar-refractivity contribution >= 4 is 0 Å². The summed E-state index contributed by atoms with van der Waals surface area (Å²) in [6.07, 6.45) is 0. The van der Waals surface area contributed by atoms with E-state index in [0.29, 0.717) is 24.1 Å². The highest BCUT2D eigenvalue weighted by Gasteiger charge is 2.08. The van der Waals surface area contributed by atoms with E-state index in [1.807, 2.05) is 31.2 Å². The molecule has 0 aliphatic carbocycles. The maximum atomic E-state index is 4.89. The Morgan fingerprint density at radius 2 is 1.95 bits per heavy atom. The molecule has 2 aromatic heterocycles. The van der Waals surface area contributed by atoms with Crippen LogP contribution in [0.3, 0.4) is 0 Å². The van der Waals surface area contributed by atoms with Crippen molar-refractivity contribution in [3.05, 3.63) is 41.5 Å². The van der Waals surface area contributed by atoms with Gasteiger partial charge in [-0.1, -0.05) is 35.0 Å². The molecule has 0 radical (unpaired) electrons. The van der Waals surface area contributed by atoms with Crippen LogP contribution in [0.2, 0.25) is 0 Å². The first-order valence-electron chi connectivity index (χ1n) is 5.85. The lowest BCUT2D eigenvalue weighted by Crippen LogP contribution is -2.05. The molecule has 0 fully saturated rings. The topological polar surface area (TPSA) is 82.5 Å². The van der Waals surface area contributed by atoms with Gasteiger partial charge in [-0.05, 0) is 12.1 Å². The quantitative estimate of drug-likeness (QED) is 0.704. The minimum absolute atomic E-state index is 0.343. The van der Waals surface area contributed by atoms with Gasteiger partial charge in [0.15, 0.2) is 5.82 Å². The summed E-state index contributed by atoms with van der Waals surface area (Å²) in [6, 6.07) is 7.96. The second kappa shape index (κ2) is 4.60. The summed E-state index contributed by atoms with van der Waals surface area (Å²) in [4.78, 5) is 5.54. The van der Waals surface area contributed by atoms with Gasteiger partial charge in [-0.15, -0.1) is 10.2 Å². The second-order valence-corrected chi connectivity index (χ2v) is 4.24. The van der Waals surface area contributed by atoms with Crippen molar-refractivity contribution in [3.8, 4) is 11.4 Å². The Kier molecular flexibility index (Phi) is 2.79. The molecule has 3 aromatic rings. The molecule has 7 nitrogen and oxygen atoms in total. The number of benzene rings is 1. The van der Waals surface area contributed by atoms with Crippen LogP contribution in [0.15, 0.2) is 28.8 Å². The number of hydrogen-bond acceptors (Lipinski definition) is 6. The third-order valence-corrected chi connectivity index (χ3v) is 2.62. The second-order valence-electron chi connectivity index (χ2n) is 4.24. The number of aromatic nitrogens is 6. The van der Waals surface area contributed by atoms with Crippen molar-refractivity contribution in [1.29, 1.82) is 0 Å². The first-order valence-corrected chi connectivity index (χ1v) is 5.85. The van der Waals surface area contributed by atoms with Crippen molar-refractivity contribution in [1.82, 2.24) is 30.3 Å². The monoisotopic (exact) mass is 256 g/mol. The predicted molar refractivity (Wildman–Crippen MR) is 66.1 cm³/mol. The summed E-state index contributed by atoms with van der Waals surface area (Å²) >= 11 is 0. The maximum absolute atomic E-state index is 4.89. The lowest BCUT2D eigenvalue weighted by Gasteiger charge is -1.95. The lowest BCUT2D eigenvalue weighted by molar-refractivity contribution is 0.383. The molecule has 96 valence electrons. The fourth-order valence-corrected chi connectivity index (χ4v) is 1.66. The van der Waals surface area contributed by atoms with E-state index in [2.05, 4.69) is 25.6 Å². The molecule has 0 amide bonds. The molecule has 19 heavy (non-hydrogen) atoms. The largest absolute Gasteiger partial charge is 0.340 e. The molecule has 0 spiro atoms. The molecule has 1 aromatic carbocycles. The SMILES string of the molecule is Cc1ccc(-c2nnn(Cc3noc(C)n3)n2)cc1. The number of aryl methyl sites for hydroxylation is 2. The zero-order valence-corrected chi connectivity index (χ0v) is 10.6. The van der Waals surface area contributed by atoms with Gasteiger partial charge in [0.2, 0.25) is 11.7 Å². The first kappa shape index (κ1) is 11.5. The average Bonchev–Trinajstić information content (AvgIpc) is 3.00. The number of hydrogen-bond donors (Lipinski definition) is 0. The van der Waals surface area contributed by atoms with Crippen molar-refractivity contribution < 1.29 is 4.52 Å². The van der Waals surface area contributed by atoms with Gasteiger partial charge < -0.3 is 4.52 Å². The van der Waals surface area contributed by atoms with Gasteiger partial charge in [0, 0.05) is 12.5 Å². The van der Waals surface area contributed by atoms with E-state index >= 15 is 0 Å². The summed E-state index contributed by atoms with van der Waals surface area (Å²) in [6.45, 7) is 4.12. The van der Waals surface area contributed by atoms with Crippen LogP contribution in [-0.2, 0) is 6.54 Å². The fraction of sp³-hybridized carbons (Fsp3) is 0.250. The van der Waals surface area contributed by atoms with Crippen molar-refractivity contribution in [2.75, 3.05) is 0 Å². The Balaban J connectivity index is 1.81. The normalized spacial score (nSPS) is 10.8. The molecule has 0 N–H and O–H groups in total. The highest BCUT2D eigenvalue weighted by molar-refractivity contribution is 5.53. The minimum atomic E-state index is 0.343. The Hall–Kier alpha value is -2.57. The van der Waals surface area contributed by atoms with E-state index < -0.39 is 0 Å². The van der Waals surface area contributed by atoms with E-state index in [9.17, 15) is 0 Å². The maximum Gasteiger partial charge on any atom is 0.223 e. The van der Waals surface area contributed by atoms with Crippen LogP contribution >= 0.6 is 0 Å². The van der Waals surface area contributed by atoms with Crippen molar-refractivity contribution in [3.63, 3.8) is 0 Å². The van der Waals surface area contributed by atoms with E-state index in [1.54, 1.807) is 6.92 Å². The lowest BCUT2D eigenvalue weighted by atomic mass is 10.1. The van der Waals surface area contributed by atoms with Crippen LogP contribution in [0.1, 0.15) is 17.3 Å². The molecule has 0 unspecified atom stereocenters. The molecule has 0 saturated carbocycles. The van der Waals surface area contributed by atoms with Crippen molar-refractivity contribution in [2.45, 2.75) is 20.4 Å². The highest BCUT2D eigenvalue weighted by atomic mass is 16.5. The highest BCUT2D eigenvalue weighted by Crippen LogP contribution is 2.14. The third kappa shape index (κ3) is 2.49. The number of tetrazole rings is 1. The van der Waals surface area contributed by atoms with Gasteiger partial charge in [-0.3, -0.25) is 0 Å². The Bertz CT molecular complexity index is 684. The molecule has 3 rings (SSSR count). The van der Waals surface area contributed by atoms with Crippen LogP contribution < -0.4 is 0 Å². The van der Waals surface area contributed by atoms with E-state index in [1.165, 1.54) is 10.4 Å². The molecule has 0 aliphatic rings. The Labute approximate surface area is 109 Å². The van der Waals surface area contributed by atoms with Crippen LogP contribution in [0.25, 0.3) is 11.4 Å². The average molecular weight is 256 g/mol. The van der Waals surface area contributed by atoms with E-state index in [4.69, 9.17) is 4.52 Å². The predicted octanol–water partition coefficient (Wildman–Crippen LogP) is 1.39. The van der Waals surface area contributed by atoms with Gasteiger partial charge in [-0.25, -0.2) is 0 Å². The summed E-state index contributed by atoms with van der Waals surface area (Å²) in [5, 5.41) is 16.1. The molecule has 0 bridgehead atoms.